The van der Waals surface area contributed by atoms with Crippen molar-refractivity contribution in [3.05, 3.63) is 48.7 Å². The Kier molecular flexibility index (Phi) is 4.23. The highest BCUT2D eigenvalue weighted by Crippen LogP contribution is 2.50. The number of aromatic nitrogens is 1. The van der Waals surface area contributed by atoms with Gasteiger partial charge < -0.3 is 5.32 Å². The summed E-state index contributed by atoms with van der Waals surface area (Å²) in [5.74, 6) is -1.01. The molecule has 2 bridgehead atoms. The Morgan fingerprint density at radius 1 is 1.14 bits per heavy atom. The summed E-state index contributed by atoms with van der Waals surface area (Å²) in [6.45, 7) is 1.84. The van der Waals surface area contributed by atoms with Crippen molar-refractivity contribution in [3.8, 4) is 0 Å². The number of allylic oxidation sites excluding steroid dienone is 2. The van der Waals surface area contributed by atoms with Crippen molar-refractivity contribution in [2.75, 3.05) is 5.32 Å². The molecule has 3 aliphatic carbocycles. The minimum absolute atomic E-state index is 0.125. The van der Waals surface area contributed by atoms with Crippen molar-refractivity contribution in [2.45, 2.75) is 32.2 Å². The molecule has 4 aliphatic rings. The second-order valence-electron chi connectivity index (χ2n) is 8.21. The Morgan fingerprint density at radius 2 is 1.83 bits per heavy atom. The number of rotatable bonds is 4. The predicted octanol–water partition coefficient (Wildman–Crippen LogP) is 3.15. The lowest BCUT2D eigenvalue weighted by Crippen LogP contribution is -2.47. The molecule has 6 rings (SSSR count). The summed E-state index contributed by atoms with van der Waals surface area (Å²) in [4.78, 5) is 44.9. The van der Waals surface area contributed by atoms with Crippen molar-refractivity contribution in [3.63, 3.8) is 0 Å². The third-order valence-corrected chi connectivity index (χ3v) is 6.67. The molecule has 5 unspecified atom stereocenters. The van der Waals surface area contributed by atoms with Crippen LogP contribution in [0.5, 0.6) is 0 Å². The number of imide groups is 1. The number of hydrogen-bond donors (Lipinski definition) is 1. The Balaban J connectivity index is 1.40. The smallest absolute Gasteiger partial charge is 0.247 e. The van der Waals surface area contributed by atoms with Crippen LogP contribution in [-0.4, -0.2) is 33.6 Å². The van der Waals surface area contributed by atoms with Crippen molar-refractivity contribution in [2.24, 2.45) is 23.7 Å². The second kappa shape index (κ2) is 6.79. The number of anilines is 1. The van der Waals surface area contributed by atoms with Gasteiger partial charge in [-0.2, -0.15) is 0 Å². The van der Waals surface area contributed by atoms with Gasteiger partial charge in [0.05, 0.1) is 17.4 Å². The summed E-state index contributed by atoms with van der Waals surface area (Å²) in [6.07, 6.45) is 8.19. The fourth-order valence-corrected chi connectivity index (χ4v) is 5.27. The first kappa shape index (κ1) is 18.0. The number of pyridine rings is 1. The molecule has 5 atom stereocenters. The Labute approximate surface area is 169 Å². The number of benzene rings is 1. The van der Waals surface area contributed by atoms with Crippen LogP contribution in [0.3, 0.4) is 0 Å². The van der Waals surface area contributed by atoms with E-state index in [4.69, 9.17) is 0 Å². The van der Waals surface area contributed by atoms with Gasteiger partial charge in [-0.15, -0.1) is 0 Å². The van der Waals surface area contributed by atoms with Crippen molar-refractivity contribution in [1.82, 2.24) is 9.88 Å². The summed E-state index contributed by atoms with van der Waals surface area (Å²) in [7, 11) is 0. The molecule has 2 heterocycles. The van der Waals surface area contributed by atoms with E-state index in [0.29, 0.717) is 12.1 Å². The topological polar surface area (TPSA) is 79.4 Å². The molecule has 6 nitrogen and oxygen atoms in total. The molecule has 1 saturated carbocycles. The number of hydrogen-bond acceptors (Lipinski definition) is 4. The van der Waals surface area contributed by atoms with Gasteiger partial charge in [0.1, 0.15) is 6.04 Å². The van der Waals surface area contributed by atoms with Crippen LogP contribution in [0.4, 0.5) is 5.69 Å². The van der Waals surface area contributed by atoms with Gasteiger partial charge in [-0.05, 0) is 55.4 Å². The van der Waals surface area contributed by atoms with E-state index < -0.39 is 6.04 Å². The molecule has 6 heteroatoms. The van der Waals surface area contributed by atoms with Crippen LogP contribution in [0.25, 0.3) is 10.9 Å². The molecule has 1 saturated heterocycles. The molecule has 3 amide bonds. The van der Waals surface area contributed by atoms with Crippen LogP contribution in [-0.2, 0) is 14.4 Å². The maximum atomic E-state index is 13.2. The molecule has 0 spiro atoms. The largest absolute Gasteiger partial charge is 0.324 e. The van der Waals surface area contributed by atoms with E-state index in [1.807, 2.05) is 31.2 Å². The van der Waals surface area contributed by atoms with Crippen LogP contribution in [0.15, 0.2) is 48.7 Å². The zero-order valence-electron chi connectivity index (χ0n) is 16.2. The quantitative estimate of drug-likeness (QED) is 0.644. The summed E-state index contributed by atoms with van der Waals surface area (Å²) >= 11 is 0. The van der Waals surface area contributed by atoms with Gasteiger partial charge >= 0.3 is 0 Å². The Morgan fingerprint density at radius 3 is 2.45 bits per heavy atom. The standard InChI is InChI=1S/C23H23N3O3/c1-2-18(21(27)25-16-9-10-17-15(12-16)4-3-11-24-17)26-22(28)19-13-5-6-14(8-7-13)20(19)23(26)29/h3-6,9-14,18-20H,2,7-8H2,1H3,(H,25,27). The number of nitrogens with one attached hydrogen (secondary N) is 1. The molecule has 0 radical (unpaired) electrons. The zero-order chi connectivity index (χ0) is 20.1. The van der Waals surface area contributed by atoms with E-state index in [0.717, 1.165) is 23.7 Å². The molecule has 1 aromatic heterocycles. The summed E-state index contributed by atoms with van der Waals surface area (Å²) < 4.78 is 0. The highest BCUT2D eigenvalue weighted by atomic mass is 16.2. The molecule has 1 aliphatic heterocycles. The minimum atomic E-state index is -0.787. The molecule has 2 fully saturated rings. The molecule has 148 valence electrons. The molecule has 29 heavy (non-hydrogen) atoms. The first-order valence-electron chi connectivity index (χ1n) is 10.3. The lowest BCUT2D eigenvalue weighted by molar-refractivity contribution is -0.146. The molecular formula is C23H23N3O3. The summed E-state index contributed by atoms with van der Waals surface area (Å²) in [5, 5.41) is 3.81. The van der Waals surface area contributed by atoms with Gasteiger partial charge in [-0.1, -0.05) is 25.1 Å². The first-order valence-corrected chi connectivity index (χ1v) is 10.3. The number of carbonyl (C=O) groups excluding carboxylic acids is 3. The average molecular weight is 389 g/mol. The third-order valence-electron chi connectivity index (χ3n) is 6.67. The molecular weight excluding hydrogens is 366 g/mol. The Hall–Kier alpha value is -3.02. The van der Waals surface area contributed by atoms with E-state index in [2.05, 4.69) is 22.5 Å². The van der Waals surface area contributed by atoms with Gasteiger partial charge in [-0.25, -0.2) is 0 Å². The fraction of sp³-hybridized carbons (Fsp3) is 0.391. The van der Waals surface area contributed by atoms with E-state index >= 15 is 0 Å². The monoisotopic (exact) mass is 389 g/mol. The maximum absolute atomic E-state index is 13.2. The van der Waals surface area contributed by atoms with Gasteiger partial charge in [0.15, 0.2) is 0 Å². The van der Waals surface area contributed by atoms with Gasteiger partial charge in [0, 0.05) is 17.3 Å². The molecule has 2 aromatic rings. The normalized spacial score (nSPS) is 28.7. The highest BCUT2D eigenvalue weighted by molar-refractivity contribution is 6.10. The van der Waals surface area contributed by atoms with Crippen LogP contribution < -0.4 is 5.32 Å². The lowest BCUT2D eigenvalue weighted by atomic mass is 9.63. The molecule has 1 N–H and O–H groups in total. The van der Waals surface area contributed by atoms with Crippen LogP contribution in [0.1, 0.15) is 26.2 Å². The van der Waals surface area contributed by atoms with Crippen molar-refractivity contribution >= 4 is 34.3 Å². The zero-order valence-corrected chi connectivity index (χ0v) is 16.2. The number of carbonyl (C=O) groups is 3. The molecule has 1 aromatic carbocycles. The number of fused-ring (bicyclic) bond motifs is 2. The van der Waals surface area contributed by atoms with E-state index in [1.54, 1.807) is 12.3 Å². The van der Waals surface area contributed by atoms with Crippen LogP contribution in [0, 0.1) is 23.7 Å². The van der Waals surface area contributed by atoms with Gasteiger partial charge in [-0.3, -0.25) is 24.3 Å². The SMILES string of the molecule is CCC(C(=O)Nc1ccc2ncccc2c1)N1C(=O)C2C3C=CC(CC3)C2C1=O. The minimum Gasteiger partial charge on any atom is -0.324 e. The van der Waals surface area contributed by atoms with Gasteiger partial charge in [0.2, 0.25) is 17.7 Å². The Bertz CT molecular complexity index is 1010. The van der Waals surface area contributed by atoms with E-state index in [1.165, 1.54) is 4.90 Å². The van der Waals surface area contributed by atoms with Crippen molar-refractivity contribution < 1.29 is 14.4 Å². The van der Waals surface area contributed by atoms with Crippen LogP contribution in [0.2, 0.25) is 0 Å². The van der Waals surface area contributed by atoms with Crippen LogP contribution >= 0.6 is 0 Å². The summed E-state index contributed by atoms with van der Waals surface area (Å²) in [5.41, 5.74) is 1.47. The maximum Gasteiger partial charge on any atom is 0.247 e. The van der Waals surface area contributed by atoms with Gasteiger partial charge in [0.25, 0.3) is 0 Å². The van der Waals surface area contributed by atoms with E-state index in [9.17, 15) is 14.4 Å². The average Bonchev–Trinajstić information content (AvgIpc) is 3.03. The third kappa shape index (κ3) is 2.77. The number of likely N-dealkylation sites (tertiary alicyclic amines) is 1. The van der Waals surface area contributed by atoms with Crippen molar-refractivity contribution in [1.29, 1.82) is 0 Å². The second-order valence-corrected chi connectivity index (χ2v) is 8.21. The van der Waals surface area contributed by atoms with E-state index in [-0.39, 0.29) is 41.4 Å². The highest BCUT2D eigenvalue weighted by Gasteiger charge is 2.58. The number of nitrogens with zero attached hydrogens (tertiary/aromatic N) is 2. The lowest BCUT2D eigenvalue weighted by Gasteiger charge is -2.38. The predicted molar refractivity (Wildman–Crippen MR) is 109 cm³/mol. The fourth-order valence-electron chi connectivity index (χ4n) is 5.27. The number of amides is 3. The first-order chi connectivity index (χ1) is 14.1. The summed E-state index contributed by atoms with van der Waals surface area (Å²) in [6, 6.07) is 8.47.